The number of nitrogens with two attached hydrogens (primary N) is 1. The molecule has 0 aliphatic heterocycles. The van der Waals surface area contributed by atoms with Crippen LogP contribution in [0.3, 0.4) is 0 Å². The van der Waals surface area contributed by atoms with Gasteiger partial charge in [0, 0.05) is 16.6 Å². The van der Waals surface area contributed by atoms with E-state index < -0.39 is 11.5 Å². The molecule has 82 valence electrons. The minimum atomic E-state index is -1.29. The second-order valence-electron chi connectivity index (χ2n) is 3.42. The van der Waals surface area contributed by atoms with Gasteiger partial charge < -0.3 is 10.8 Å². The molecule has 3 nitrogen and oxygen atoms in total. The Morgan fingerprint density at radius 1 is 1.47 bits per heavy atom. The summed E-state index contributed by atoms with van der Waals surface area (Å²) in [5.41, 5.74) is 5.31. The van der Waals surface area contributed by atoms with E-state index >= 15 is 0 Å². The van der Waals surface area contributed by atoms with Gasteiger partial charge in [-0.25, -0.2) is 0 Å². The van der Waals surface area contributed by atoms with Crippen molar-refractivity contribution in [1.29, 1.82) is 0 Å². The zero-order chi connectivity index (χ0) is 11.5. The lowest BCUT2D eigenvalue weighted by Gasteiger charge is -2.22. The van der Waals surface area contributed by atoms with Gasteiger partial charge in [0.1, 0.15) is 5.54 Å². The number of benzene rings is 1. The first kappa shape index (κ1) is 12.5. The van der Waals surface area contributed by atoms with Crippen molar-refractivity contribution in [2.75, 3.05) is 5.75 Å². The molecule has 1 aromatic rings. The van der Waals surface area contributed by atoms with E-state index in [0.29, 0.717) is 0 Å². The first-order valence-corrected chi connectivity index (χ1v) is 5.78. The van der Waals surface area contributed by atoms with Crippen LogP contribution in [0.2, 0.25) is 0 Å². The highest BCUT2D eigenvalue weighted by molar-refractivity contribution is 9.10. The van der Waals surface area contributed by atoms with Gasteiger partial charge in [0.05, 0.1) is 0 Å². The number of halogens is 1. The Morgan fingerprint density at radius 3 is 2.40 bits per heavy atom. The fourth-order valence-electron chi connectivity index (χ4n) is 1.17. The van der Waals surface area contributed by atoms with Gasteiger partial charge in [-0.05, 0) is 17.7 Å². The van der Waals surface area contributed by atoms with E-state index in [1.54, 1.807) is 0 Å². The standard InChI is InChI=1S/C10H12BrNO2S/c11-8-3-1-7(2-4-8)5-10(12,6-15)9(13)14/h1-4,15H,5-6,12H2,(H,13,14)/t10-/m0/s1. The molecule has 15 heavy (non-hydrogen) atoms. The van der Waals surface area contributed by atoms with Crippen LogP contribution in [-0.2, 0) is 11.2 Å². The Labute approximate surface area is 102 Å². The van der Waals surface area contributed by atoms with Crippen molar-refractivity contribution in [3.63, 3.8) is 0 Å². The van der Waals surface area contributed by atoms with Gasteiger partial charge in [-0.2, -0.15) is 12.6 Å². The molecular formula is C10H12BrNO2S. The molecule has 0 heterocycles. The minimum absolute atomic E-state index is 0.110. The maximum absolute atomic E-state index is 10.9. The summed E-state index contributed by atoms with van der Waals surface area (Å²) in [7, 11) is 0. The fourth-order valence-corrected chi connectivity index (χ4v) is 1.68. The Kier molecular flexibility index (Phi) is 4.19. The van der Waals surface area contributed by atoms with Crippen molar-refractivity contribution >= 4 is 34.5 Å². The normalized spacial score (nSPS) is 14.6. The van der Waals surface area contributed by atoms with E-state index in [1.165, 1.54) is 0 Å². The van der Waals surface area contributed by atoms with Crippen LogP contribution in [0, 0.1) is 0 Å². The van der Waals surface area contributed by atoms with Crippen molar-refractivity contribution in [2.24, 2.45) is 5.73 Å². The third kappa shape index (κ3) is 3.22. The third-order valence-corrected chi connectivity index (χ3v) is 3.23. The molecule has 0 bridgehead atoms. The molecule has 0 radical (unpaired) electrons. The summed E-state index contributed by atoms with van der Waals surface area (Å²) in [6, 6.07) is 7.41. The highest BCUT2D eigenvalue weighted by Crippen LogP contribution is 2.16. The SMILES string of the molecule is N[C@](CS)(Cc1ccc(Br)cc1)C(=O)O. The lowest BCUT2D eigenvalue weighted by Crippen LogP contribution is -2.51. The first-order valence-electron chi connectivity index (χ1n) is 4.35. The summed E-state index contributed by atoms with van der Waals surface area (Å²) in [6.45, 7) is 0. The summed E-state index contributed by atoms with van der Waals surface area (Å²) < 4.78 is 0.954. The minimum Gasteiger partial charge on any atom is -0.480 e. The summed E-state index contributed by atoms with van der Waals surface area (Å²) in [5, 5.41) is 8.97. The molecule has 5 heteroatoms. The van der Waals surface area contributed by atoms with Crippen molar-refractivity contribution in [3.05, 3.63) is 34.3 Å². The van der Waals surface area contributed by atoms with Crippen molar-refractivity contribution in [2.45, 2.75) is 12.0 Å². The van der Waals surface area contributed by atoms with Crippen LogP contribution in [0.1, 0.15) is 5.56 Å². The molecule has 0 saturated carbocycles. The molecule has 1 atom stereocenters. The van der Waals surface area contributed by atoms with Gasteiger partial charge in [-0.1, -0.05) is 28.1 Å². The second-order valence-corrected chi connectivity index (χ2v) is 4.65. The Morgan fingerprint density at radius 2 is 2.00 bits per heavy atom. The molecule has 0 saturated heterocycles. The van der Waals surface area contributed by atoms with Gasteiger partial charge in [0.25, 0.3) is 0 Å². The summed E-state index contributed by atoms with van der Waals surface area (Å²) in [6.07, 6.45) is 0.277. The molecule has 0 spiro atoms. The highest BCUT2D eigenvalue weighted by Gasteiger charge is 2.32. The first-order chi connectivity index (χ1) is 6.98. The zero-order valence-electron chi connectivity index (χ0n) is 7.98. The van der Waals surface area contributed by atoms with E-state index in [2.05, 4.69) is 28.6 Å². The van der Waals surface area contributed by atoms with E-state index in [9.17, 15) is 4.79 Å². The smallest absolute Gasteiger partial charge is 0.324 e. The topological polar surface area (TPSA) is 63.3 Å². The fraction of sp³-hybridized carbons (Fsp3) is 0.300. The largest absolute Gasteiger partial charge is 0.480 e. The van der Waals surface area contributed by atoms with Gasteiger partial charge in [-0.15, -0.1) is 0 Å². The highest BCUT2D eigenvalue weighted by atomic mass is 79.9. The number of carboxylic acids is 1. The average molecular weight is 290 g/mol. The number of rotatable bonds is 4. The van der Waals surface area contributed by atoms with Crippen LogP contribution in [0.15, 0.2) is 28.7 Å². The van der Waals surface area contributed by atoms with E-state index in [-0.39, 0.29) is 12.2 Å². The van der Waals surface area contributed by atoms with Crippen molar-refractivity contribution in [1.82, 2.24) is 0 Å². The van der Waals surface area contributed by atoms with Crippen LogP contribution in [0.25, 0.3) is 0 Å². The van der Waals surface area contributed by atoms with E-state index in [4.69, 9.17) is 10.8 Å². The maximum atomic E-state index is 10.9. The Bertz CT molecular complexity index is 355. The molecule has 0 aliphatic rings. The molecule has 0 aliphatic carbocycles. The number of aliphatic carboxylic acids is 1. The molecule has 1 rings (SSSR count). The molecule has 1 aromatic carbocycles. The lowest BCUT2D eigenvalue weighted by molar-refractivity contribution is -0.142. The summed E-state index contributed by atoms with van der Waals surface area (Å²) in [4.78, 5) is 10.9. The van der Waals surface area contributed by atoms with Crippen LogP contribution < -0.4 is 5.73 Å². The van der Waals surface area contributed by atoms with Crippen LogP contribution in [0.4, 0.5) is 0 Å². The third-order valence-electron chi connectivity index (χ3n) is 2.14. The quantitative estimate of drug-likeness (QED) is 0.740. The van der Waals surface area contributed by atoms with Crippen LogP contribution in [0.5, 0.6) is 0 Å². The number of hydrogen-bond donors (Lipinski definition) is 3. The zero-order valence-corrected chi connectivity index (χ0v) is 10.5. The van der Waals surface area contributed by atoms with Crippen molar-refractivity contribution < 1.29 is 9.90 Å². The van der Waals surface area contributed by atoms with Gasteiger partial charge in [0.15, 0.2) is 0 Å². The van der Waals surface area contributed by atoms with E-state index in [0.717, 1.165) is 10.0 Å². The second kappa shape index (κ2) is 5.01. The number of carboxylic acid groups (broad SMARTS) is 1. The lowest BCUT2D eigenvalue weighted by atomic mass is 9.94. The monoisotopic (exact) mass is 289 g/mol. The van der Waals surface area contributed by atoms with Gasteiger partial charge in [-0.3, -0.25) is 4.79 Å². The number of carbonyl (C=O) groups is 1. The van der Waals surface area contributed by atoms with Gasteiger partial charge in [0.2, 0.25) is 0 Å². The average Bonchev–Trinajstić information content (AvgIpc) is 2.21. The summed E-state index contributed by atoms with van der Waals surface area (Å²) in [5.74, 6) is -0.918. The molecule has 0 aromatic heterocycles. The molecule has 3 N–H and O–H groups in total. The number of thiol groups is 1. The predicted molar refractivity (Wildman–Crippen MR) is 66.3 cm³/mol. The predicted octanol–water partition coefficient (Wildman–Crippen LogP) is 1.70. The van der Waals surface area contributed by atoms with Crippen LogP contribution in [-0.4, -0.2) is 22.4 Å². The molecule has 0 fully saturated rings. The Balaban J connectivity index is 2.84. The molecule has 0 amide bonds. The molecule has 0 unspecified atom stereocenters. The maximum Gasteiger partial charge on any atom is 0.324 e. The Hall–Kier alpha value is -0.520. The summed E-state index contributed by atoms with van der Waals surface area (Å²) >= 11 is 7.28. The number of hydrogen-bond acceptors (Lipinski definition) is 3. The molecular weight excluding hydrogens is 278 g/mol. The van der Waals surface area contributed by atoms with Crippen molar-refractivity contribution in [3.8, 4) is 0 Å². The van der Waals surface area contributed by atoms with E-state index in [1.807, 2.05) is 24.3 Å². The van der Waals surface area contributed by atoms with Crippen LogP contribution >= 0.6 is 28.6 Å². The van der Waals surface area contributed by atoms with Gasteiger partial charge >= 0.3 is 5.97 Å².